The lowest BCUT2D eigenvalue weighted by Crippen LogP contribution is -2.37. The van der Waals surface area contributed by atoms with Crippen LogP contribution < -0.4 is 5.32 Å². The molecule has 2 heterocycles. The summed E-state index contributed by atoms with van der Waals surface area (Å²) in [4.78, 5) is 2.56. The van der Waals surface area contributed by atoms with Crippen molar-refractivity contribution >= 4 is 0 Å². The number of nitrogens with one attached hydrogen (secondary N) is 1. The van der Waals surface area contributed by atoms with Crippen molar-refractivity contribution in [2.75, 3.05) is 45.9 Å². The fourth-order valence-electron chi connectivity index (χ4n) is 2.57. The molecule has 88 valence electrons. The number of hydrogen-bond acceptors (Lipinski definition) is 3. The molecule has 0 aromatic heterocycles. The zero-order valence-corrected chi connectivity index (χ0v) is 9.71. The van der Waals surface area contributed by atoms with E-state index in [1.807, 2.05) is 0 Å². The lowest BCUT2D eigenvalue weighted by Gasteiger charge is -2.28. The minimum atomic E-state index is 0.937. The van der Waals surface area contributed by atoms with E-state index >= 15 is 0 Å². The molecule has 0 bridgehead atoms. The van der Waals surface area contributed by atoms with E-state index in [1.54, 1.807) is 0 Å². The Morgan fingerprint density at radius 3 is 2.87 bits per heavy atom. The van der Waals surface area contributed by atoms with Gasteiger partial charge in [0.25, 0.3) is 0 Å². The minimum absolute atomic E-state index is 0.937. The van der Waals surface area contributed by atoms with Crippen molar-refractivity contribution in [1.29, 1.82) is 0 Å². The predicted molar refractivity (Wildman–Crippen MR) is 62.1 cm³/mol. The van der Waals surface area contributed by atoms with Crippen LogP contribution in [0.15, 0.2) is 0 Å². The van der Waals surface area contributed by atoms with Gasteiger partial charge in [0, 0.05) is 13.1 Å². The molecule has 0 amide bonds. The fraction of sp³-hybridized carbons (Fsp3) is 1.00. The van der Waals surface area contributed by atoms with Crippen molar-refractivity contribution in [2.24, 2.45) is 5.92 Å². The van der Waals surface area contributed by atoms with Gasteiger partial charge in [-0.15, -0.1) is 0 Å². The van der Waals surface area contributed by atoms with E-state index in [4.69, 9.17) is 4.74 Å². The van der Waals surface area contributed by atoms with Crippen LogP contribution in [-0.2, 0) is 4.74 Å². The summed E-state index contributed by atoms with van der Waals surface area (Å²) in [6, 6.07) is 0. The number of hydrogen-bond donors (Lipinski definition) is 1. The number of morpholine rings is 1. The Kier molecular flexibility index (Phi) is 4.90. The molecule has 1 N–H and O–H groups in total. The molecule has 2 aliphatic rings. The Labute approximate surface area is 93.2 Å². The first-order valence-electron chi connectivity index (χ1n) is 6.46. The highest BCUT2D eigenvalue weighted by Crippen LogP contribution is 2.18. The van der Waals surface area contributed by atoms with E-state index in [-0.39, 0.29) is 0 Å². The maximum atomic E-state index is 5.36. The third-order valence-electron chi connectivity index (χ3n) is 3.65. The van der Waals surface area contributed by atoms with Crippen LogP contribution in [0, 0.1) is 5.92 Å². The van der Waals surface area contributed by atoms with Crippen molar-refractivity contribution in [2.45, 2.75) is 25.7 Å². The summed E-state index contributed by atoms with van der Waals surface area (Å²) < 4.78 is 5.36. The van der Waals surface area contributed by atoms with Crippen molar-refractivity contribution in [3.8, 4) is 0 Å². The lowest BCUT2D eigenvalue weighted by molar-refractivity contribution is 0.0351. The highest BCUT2D eigenvalue weighted by atomic mass is 16.5. The molecular weight excluding hydrogens is 188 g/mol. The Hall–Kier alpha value is -0.120. The van der Waals surface area contributed by atoms with Crippen LogP contribution in [0.2, 0.25) is 0 Å². The maximum absolute atomic E-state index is 5.36. The van der Waals surface area contributed by atoms with E-state index in [9.17, 15) is 0 Å². The van der Waals surface area contributed by atoms with Crippen LogP contribution in [0.25, 0.3) is 0 Å². The zero-order chi connectivity index (χ0) is 10.3. The summed E-state index contributed by atoms with van der Waals surface area (Å²) in [5.74, 6) is 0.961. The average molecular weight is 212 g/mol. The van der Waals surface area contributed by atoms with Gasteiger partial charge in [-0.05, 0) is 51.2 Å². The molecule has 2 saturated heterocycles. The Morgan fingerprint density at radius 2 is 2.00 bits per heavy atom. The van der Waals surface area contributed by atoms with Crippen LogP contribution in [0.5, 0.6) is 0 Å². The summed E-state index contributed by atoms with van der Waals surface area (Å²) in [6.45, 7) is 7.91. The van der Waals surface area contributed by atoms with E-state index in [0.29, 0.717) is 0 Å². The summed E-state index contributed by atoms with van der Waals surface area (Å²) >= 11 is 0. The van der Waals surface area contributed by atoms with E-state index in [1.165, 1.54) is 45.3 Å². The molecule has 0 aromatic carbocycles. The Bertz CT molecular complexity index is 161. The molecule has 0 spiro atoms. The average Bonchev–Trinajstić information content (AvgIpc) is 2.56. The molecule has 1 atom stereocenters. The van der Waals surface area contributed by atoms with E-state index in [2.05, 4.69) is 10.2 Å². The number of nitrogens with zero attached hydrogens (tertiary/aromatic N) is 1. The summed E-state index contributed by atoms with van der Waals surface area (Å²) in [7, 11) is 0. The Balaban J connectivity index is 1.62. The molecule has 3 heteroatoms. The molecule has 0 radical (unpaired) electrons. The van der Waals surface area contributed by atoms with Crippen molar-refractivity contribution < 1.29 is 4.74 Å². The minimum Gasteiger partial charge on any atom is -0.379 e. The maximum Gasteiger partial charge on any atom is 0.0594 e. The zero-order valence-electron chi connectivity index (χ0n) is 9.71. The molecule has 2 fully saturated rings. The van der Waals surface area contributed by atoms with Crippen LogP contribution in [-0.4, -0.2) is 50.8 Å². The van der Waals surface area contributed by atoms with Gasteiger partial charge < -0.3 is 10.1 Å². The molecule has 0 aliphatic carbocycles. The van der Waals surface area contributed by atoms with E-state index in [0.717, 1.165) is 32.2 Å². The first kappa shape index (κ1) is 11.4. The van der Waals surface area contributed by atoms with Crippen LogP contribution >= 0.6 is 0 Å². The standard InChI is InChI=1S/C12H24N2O/c1-2-12(3-6-13-5-1)4-7-14-8-10-15-11-9-14/h12-13H,1-11H2. The normalized spacial score (nSPS) is 30.0. The highest BCUT2D eigenvalue weighted by molar-refractivity contribution is 4.70. The third kappa shape index (κ3) is 4.09. The van der Waals surface area contributed by atoms with E-state index < -0.39 is 0 Å². The monoisotopic (exact) mass is 212 g/mol. The predicted octanol–water partition coefficient (Wildman–Crippen LogP) is 1.10. The summed E-state index contributed by atoms with van der Waals surface area (Å²) in [5.41, 5.74) is 0. The van der Waals surface area contributed by atoms with Crippen molar-refractivity contribution in [1.82, 2.24) is 10.2 Å². The fourth-order valence-corrected chi connectivity index (χ4v) is 2.57. The number of rotatable bonds is 3. The van der Waals surface area contributed by atoms with Crippen LogP contribution in [0.1, 0.15) is 25.7 Å². The van der Waals surface area contributed by atoms with Gasteiger partial charge in [-0.3, -0.25) is 4.90 Å². The van der Waals surface area contributed by atoms with Gasteiger partial charge in [0.1, 0.15) is 0 Å². The van der Waals surface area contributed by atoms with Gasteiger partial charge >= 0.3 is 0 Å². The van der Waals surface area contributed by atoms with Gasteiger partial charge in [0.2, 0.25) is 0 Å². The molecule has 1 unspecified atom stereocenters. The second-order valence-electron chi connectivity index (χ2n) is 4.79. The molecule has 3 nitrogen and oxygen atoms in total. The second-order valence-corrected chi connectivity index (χ2v) is 4.79. The molecule has 15 heavy (non-hydrogen) atoms. The van der Waals surface area contributed by atoms with Crippen molar-refractivity contribution in [3.63, 3.8) is 0 Å². The van der Waals surface area contributed by atoms with Crippen LogP contribution in [0.4, 0.5) is 0 Å². The van der Waals surface area contributed by atoms with Crippen LogP contribution in [0.3, 0.4) is 0 Å². The molecule has 0 saturated carbocycles. The molecule has 0 aromatic rings. The SMILES string of the molecule is C1CNCCC(CCN2CCOCC2)C1. The quantitative estimate of drug-likeness (QED) is 0.758. The topological polar surface area (TPSA) is 24.5 Å². The summed E-state index contributed by atoms with van der Waals surface area (Å²) in [5, 5.41) is 3.48. The van der Waals surface area contributed by atoms with Crippen molar-refractivity contribution in [3.05, 3.63) is 0 Å². The molecule has 2 aliphatic heterocycles. The Morgan fingerprint density at radius 1 is 1.13 bits per heavy atom. The largest absolute Gasteiger partial charge is 0.379 e. The highest BCUT2D eigenvalue weighted by Gasteiger charge is 2.15. The third-order valence-corrected chi connectivity index (χ3v) is 3.65. The van der Waals surface area contributed by atoms with Gasteiger partial charge in [0.05, 0.1) is 13.2 Å². The molecular formula is C12H24N2O. The van der Waals surface area contributed by atoms with Gasteiger partial charge in [-0.2, -0.15) is 0 Å². The summed E-state index contributed by atoms with van der Waals surface area (Å²) in [6.07, 6.45) is 5.57. The lowest BCUT2D eigenvalue weighted by atomic mass is 9.97. The smallest absolute Gasteiger partial charge is 0.0594 e. The van der Waals surface area contributed by atoms with Gasteiger partial charge in [-0.1, -0.05) is 0 Å². The van der Waals surface area contributed by atoms with Gasteiger partial charge in [0.15, 0.2) is 0 Å². The number of ether oxygens (including phenoxy) is 1. The second kappa shape index (κ2) is 6.46. The van der Waals surface area contributed by atoms with Gasteiger partial charge in [-0.25, -0.2) is 0 Å². The molecule has 2 rings (SSSR count). The first-order valence-corrected chi connectivity index (χ1v) is 6.46. The first-order chi connectivity index (χ1) is 7.45.